The van der Waals surface area contributed by atoms with Gasteiger partial charge in [0.2, 0.25) is 0 Å². The summed E-state index contributed by atoms with van der Waals surface area (Å²) in [5.41, 5.74) is 2.70. The summed E-state index contributed by atoms with van der Waals surface area (Å²) in [5.74, 6) is 2.07. The zero-order valence-electron chi connectivity index (χ0n) is 12.3. The molecule has 0 N–H and O–H groups in total. The van der Waals surface area contributed by atoms with Crippen molar-refractivity contribution in [3.63, 3.8) is 0 Å². The van der Waals surface area contributed by atoms with Crippen molar-refractivity contribution in [3.8, 4) is 0 Å². The van der Waals surface area contributed by atoms with Crippen LogP contribution in [0.25, 0.3) is 0 Å². The van der Waals surface area contributed by atoms with E-state index in [2.05, 4.69) is 74.5 Å². The van der Waals surface area contributed by atoms with E-state index in [0.29, 0.717) is 5.92 Å². The van der Waals surface area contributed by atoms with Gasteiger partial charge in [-0.2, -0.15) is 0 Å². The molecule has 0 saturated heterocycles. The Labute approximate surface area is 129 Å². The molecular formula is C18H21Li. The molecule has 2 rings (SSSR count). The van der Waals surface area contributed by atoms with E-state index in [1.54, 1.807) is 0 Å². The molecule has 0 spiro atoms. The van der Waals surface area contributed by atoms with Crippen molar-refractivity contribution in [2.45, 2.75) is 26.7 Å². The van der Waals surface area contributed by atoms with Crippen LogP contribution < -0.4 is 18.9 Å². The third-order valence-electron chi connectivity index (χ3n) is 3.38. The van der Waals surface area contributed by atoms with Crippen molar-refractivity contribution in [2.75, 3.05) is 0 Å². The minimum absolute atomic E-state index is 0. The molecule has 1 unspecified atom stereocenters. The maximum absolute atomic E-state index is 2.33. The Morgan fingerprint density at radius 1 is 0.842 bits per heavy atom. The Bertz CT molecular complexity index is 410. The van der Waals surface area contributed by atoms with Crippen molar-refractivity contribution >= 4 is 0 Å². The minimum atomic E-state index is 0. The number of benzene rings is 2. The van der Waals surface area contributed by atoms with E-state index in [1.165, 1.54) is 29.9 Å². The van der Waals surface area contributed by atoms with E-state index in [0.717, 1.165) is 0 Å². The van der Waals surface area contributed by atoms with Gasteiger partial charge < -0.3 is 0 Å². The van der Waals surface area contributed by atoms with Crippen LogP contribution in [0.3, 0.4) is 0 Å². The number of rotatable bonds is 5. The Kier molecular flexibility index (Phi) is 6.85. The van der Waals surface area contributed by atoms with Crippen molar-refractivity contribution in [3.05, 3.63) is 77.7 Å². The van der Waals surface area contributed by atoms with Crippen LogP contribution >= 0.6 is 0 Å². The van der Waals surface area contributed by atoms with Gasteiger partial charge in [0.1, 0.15) is 0 Å². The summed E-state index contributed by atoms with van der Waals surface area (Å²) < 4.78 is 0. The Morgan fingerprint density at radius 3 is 1.63 bits per heavy atom. The van der Waals surface area contributed by atoms with E-state index in [9.17, 15) is 0 Å². The van der Waals surface area contributed by atoms with Crippen molar-refractivity contribution in [1.82, 2.24) is 0 Å². The van der Waals surface area contributed by atoms with Gasteiger partial charge in [0, 0.05) is 0 Å². The predicted octanol–water partition coefficient (Wildman–Crippen LogP) is 2.10. The van der Waals surface area contributed by atoms with E-state index < -0.39 is 0 Å². The zero-order valence-corrected chi connectivity index (χ0v) is 12.3. The maximum atomic E-state index is 2.33. The fourth-order valence-corrected chi connectivity index (χ4v) is 2.55. The molecular weight excluding hydrogens is 223 g/mol. The fraction of sp³-hybridized carbons (Fsp3) is 0.278. The summed E-state index contributed by atoms with van der Waals surface area (Å²) >= 11 is 0. The molecule has 2 aromatic carbocycles. The number of hydrogen-bond acceptors (Lipinski definition) is 0. The monoisotopic (exact) mass is 244 g/mol. The summed E-state index contributed by atoms with van der Waals surface area (Å²) in [6.07, 6.45) is 2.46. The summed E-state index contributed by atoms with van der Waals surface area (Å²) in [4.78, 5) is 0. The summed E-state index contributed by atoms with van der Waals surface area (Å²) in [5, 5.41) is 0. The first-order valence-electron chi connectivity index (χ1n) is 6.80. The normalized spacial score (nSPS) is 11.5. The van der Waals surface area contributed by atoms with E-state index in [4.69, 9.17) is 0 Å². The number of hydrogen-bond donors (Lipinski definition) is 0. The van der Waals surface area contributed by atoms with Gasteiger partial charge in [-0.25, -0.2) is 0 Å². The van der Waals surface area contributed by atoms with Gasteiger partial charge in [0.25, 0.3) is 0 Å². The topological polar surface area (TPSA) is 0 Å². The first-order valence-corrected chi connectivity index (χ1v) is 6.80. The molecule has 19 heavy (non-hydrogen) atoms. The first kappa shape index (κ1) is 16.0. The average molecular weight is 244 g/mol. The molecule has 0 fully saturated rings. The fourth-order valence-electron chi connectivity index (χ4n) is 2.55. The second-order valence-electron chi connectivity index (χ2n) is 4.84. The summed E-state index contributed by atoms with van der Waals surface area (Å²) in [6, 6.07) is 21.5. The molecule has 0 aromatic heterocycles. The predicted molar refractivity (Wildman–Crippen MR) is 78.4 cm³/mol. The quantitative estimate of drug-likeness (QED) is 0.558. The van der Waals surface area contributed by atoms with Crippen molar-refractivity contribution < 1.29 is 18.9 Å². The van der Waals surface area contributed by atoms with Gasteiger partial charge in [-0.3, -0.25) is 0 Å². The molecule has 1 heteroatoms. The molecule has 94 valence electrons. The molecule has 2 aromatic rings. The molecule has 0 aliphatic heterocycles. The van der Waals surface area contributed by atoms with Crippen LogP contribution in [0.4, 0.5) is 0 Å². The maximum Gasteiger partial charge on any atom is 1.00 e. The van der Waals surface area contributed by atoms with E-state index in [1.807, 2.05) is 0 Å². The van der Waals surface area contributed by atoms with Crippen LogP contribution in [0, 0.1) is 11.8 Å². The molecule has 0 saturated carbocycles. The van der Waals surface area contributed by atoms with Gasteiger partial charge in [0.15, 0.2) is 0 Å². The van der Waals surface area contributed by atoms with Crippen LogP contribution in [0.2, 0.25) is 0 Å². The van der Waals surface area contributed by atoms with E-state index >= 15 is 0 Å². The molecule has 0 heterocycles. The molecule has 0 nitrogen and oxygen atoms in total. The zero-order chi connectivity index (χ0) is 12.8. The smallest absolute Gasteiger partial charge is 0.120 e. The third kappa shape index (κ3) is 4.20. The molecule has 0 radical (unpaired) electrons. The van der Waals surface area contributed by atoms with Crippen molar-refractivity contribution in [2.24, 2.45) is 5.92 Å². The van der Waals surface area contributed by atoms with Gasteiger partial charge >= 0.3 is 18.9 Å². The second kappa shape index (κ2) is 8.15. The van der Waals surface area contributed by atoms with E-state index in [-0.39, 0.29) is 18.9 Å². The SMILES string of the molecule is CCCC(C)[C-](c1ccccc1)c1ccccc1.[Li+]. The Morgan fingerprint density at radius 2 is 1.26 bits per heavy atom. The largest absolute Gasteiger partial charge is 1.00 e. The van der Waals surface area contributed by atoms with Gasteiger partial charge in [-0.05, 0) is 5.92 Å². The van der Waals surface area contributed by atoms with Crippen LogP contribution in [-0.4, -0.2) is 0 Å². The van der Waals surface area contributed by atoms with Gasteiger partial charge in [0.05, 0.1) is 0 Å². The molecule has 1 atom stereocenters. The first-order chi connectivity index (χ1) is 8.83. The van der Waals surface area contributed by atoms with Crippen LogP contribution in [-0.2, 0) is 0 Å². The molecule has 0 aliphatic carbocycles. The molecule has 0 amide bonds. The van der Waals surface area contributed by atoms with Crippen LogP contribution in [0.1, 0.15) is 37.8 Å². The van der Waals surface area contributed by atoms with Gasteiger partial charge in [-0.1, -0.05) is 63.1 Å². The van der Waals surface area contributed by atoms with Crippen LogP contribution in [0.5, 0.6) is 0 Å². The Balaban J connectivity index is 0.00000180. The average Bonchev–Trinajstić information content (AvgIpc) is 2.42. The summed E-state index contributed by atoms with van der Waals surface area (Å²) in [7, 11) is 0. The van der Waals surface area contributed by atoms with Crippen LogP contribution in [0.15, 0.2) is 60.7 Å². The Hall–Kier alpha value is -1.09. The standard InChI is InChI=1S/C18H21.Li/c1-3-10-15(2)18(16-11-6-4-7-12-16)17-13-8-5-9-14-17;/h4-9,11-15H,3,10H2,1-2H3;/q-1;+1. The second-order valence-corrected chi connectivity index (χ2v) is 4.84. The molecule has 0 bridgehead atoms. The van der Waals surface area contributed by atoms with Crippen molar-refractivity contribution in [1.29, 1.82) is 0 Å². The van der Waals surface area contributed by atoms with Gasteiger partial charge in [-0.15, -0.1) is 41.3 Å². The molecule has 0 aliphatic rings. The third-order valence-corrected chi connectivity index (χ3v) is 3.38. The summed E-state index contributed by atoms with van der Waals surface area (Å²) in [6.45, 7) is 4.59. The minimum Gasteiger partial charge on any atom is -0.120 e.